The zero-order valence-electron chi connectivity index (χ0n) is 5.96. The maximum absolute atomic E-state index is 8.25. The Balaban J connectivity index is 3.03. The van der Waals surface area contributed by atoms with Crippen molar-refractivity contribution in [2.45, 2.75) is 0 Å². The number of nitriles is 1. The van der Waals surface area contributed by atoms with Gasteiger partial charge >= 0.3 is 0 Å². The molecule has 4 heteroatoms. The molecule has 60 valence electrons. The largest absolute Gasteiger partial charge is 0.224 e. The Kier molecular flexibility index (Phi) is 3.09. The van der Waals surface area contributed by atoms with Crippen LogP contribution in [0.3, 0.4) is 0 Å². The molecular formula is C8H4Cl2N2. The van der Waals surface area contributed by atoms with E-state index in [4.69, 9.17) is 28.5 Å². The van der Waals surface area contributed by atoms with E-state index in [-0.39, 0.29) is 0 Å². The van der Waals surface area contributed by atoms with E-state index in [1.807, 2.05) is 6.07 Å². The van der Waals surface area contributed by atoms with E-state index in [2.05, 4.69) is 4.98 Å². The first-order chi connectivity index (χ1) is 5.74. The molecule has 0 N–H and O–H groups in total. The van der Waals surface area contributed by atoms with E-state index in [0.29, 0.717) is 15.9 Å². The molecule has 0 unspecified atom stereocenters. The SMILES string of the molecule is N#C/C=C/c1ccc(Cl)nc1Cl. The number of allylic oxidation sites excluding steroid dienone is 1. The van der Waals surface area contributed by atoms with Crippen molar-refractivity contribution in [2.24, 2.45) is 0 Å². The van der Waals surface area contributed by atoms with Crippen LogP contribution in [-0.2, 0) is 0 Å². The first-order valence-electron chi connectivity index (χ1n) is 3.12. The van der Waals surface area contributed by atoms with Gasteiger partial charge in [-0.2, -0.15) is 5.26 Å². The fourth-order valence-corrected chi connectivity index (χ4v) is 1.08. The van der Waals surface area contributed by atoms with E-state index in [0.717, 1.165) is 0 Å². The Bertz CT molecular complexity index is 353. The van der Waals surface area contributed by atoms with Crippen LogP contribution in [0.2, 0.25) is 10.3 Å². The van der Waals surface area contributed by atoms with Gasteiger partial charge in [0.2, 0.25) is 0 Å². The summed E-state index contributed by atoms with van der Waals surface area (Å²) in [5, 5.41) is 8.89. The van der Waals surface area contributed by atoms with Gasteiger partial charge < -0.3 is 0 Å². The average Bonchev–Trinajstić information content (AvgIpc) is 2.03. The van der Waals surface area contributed by atoms with Crippen LogP contribution < -0.4 is 0 Å². The van der Waals surface area contributed by atoms with Gasteiger partial charge in [-0.05, 0) is 18.2 Å². The van der Waals surface area contributed by atoms with E-state index < -0.39 is 0 Å². The molecule has 0 fully saturated rings. The van der Waals surface area contributed by atoms with Gasteiger partial charge in [-0.3, -0.25) is 0 Å². The summed E-state index contributed by atoms with van der Waals surface area (Å²) in [4.78, 5) is 3.80. The zero-order chi connectivity index (χ0) is 8.97. The lowest BCUT2D eigenvalue weighted by atomic mass is 10.3. The lowest BCUT2D eigenvalue weighted by Gasteiger charge is -1.95. The lowest BCUT2D eigenvalue weighted by Crippen LogP contribution is -1.80. The van der Waals surface area contributed by atoms with Crippen molar-refractivity contribution in [3.8, 4) is 6.07 Å². The highest BCUT2D eigenvalue weighted by molar-refractivity contribution is 6.33. The summed E-state index contributed by atoms with van der Waals surface area (Å²) in [7, 11) is 0. The van der Waals surface area contributed by atoms with Crippen LogP contribution in [0.5, 0.6) is 0 Å². The predicted octanol–water partition coefficient (Wildman–Crippen LogP) is 2.93. The van der Waals surface area contributed by atoms with Crippen LogP contribution in [0, 0.1) is 11.3 Å². The van der Waals surface area contributed by atoms with Crippen molar-refractivity contribution in [2.75, 3.05) is 0 Å². The third-order valence-corrected chi connectivity index (χ3v) is 1.69. The van der Waals surface area contributed by atoms with Crippen LogP contribution in [-0.4, -0.2) is 4.98 Å². The van der Waals surface area contributed by atoms with Crippen LogP contribution in [0.15, 0.2) is 18.2 Å². The molecular weight excluding hydrogens is 195 g/mol. The van der Waals surface area contributed by atoms with Crippen LogP contribution >= 0.6 is 23.2 Å². The molecule has 12 heavy (non-hydrogen) atoms. The standard InChI is InChI=1S/C8H4Cl2N2/c9-7-4-3-6(2-1-5-11)8(10)12-7/h1-4H/b2-1+. The fraction of sp³-hybridized carbons (Fsp3) is 0. The van der Waals surface area contributed by atoms with Gasteiger partial charge in [0, 0.05) is 11.6 Å². The Labute approximate surface area is 80.1 Å². The highest BCUT2D eigenvalue weighted by Crippen LogP contribution is 2.17. The summed E-state index contributed by atoms with van der Waals surface area (Å²) in [6.45, 7) is 0. The number of halogens is 2. The summed E-state index contributed by atoms with van der Waals surface area (Å²) >= 11 is 11.3. The number of pyridine rings is 1. The first kappa shape index (κ1) is 9.05. The molecule has 1 aromatic rings. The van der Waals surface area contributed by atoms with Crippen LogP contribution in [0.1, 0.15) is 5.56 Å². The molecule has 0 aliphatic rings. The molecule has 0 amide bonds. The summed E-state index contributed by atoms with van der Waals surface area (Å²) in [5.74, 6) is 0. The summed E-state index contributed by atoms with van der Waals surface area (Å²) in [6, 6.07) is 5.17. The molecule has 1 rings (SSSR count). The molecule has 0 atom stereocenters. The Morgan fingerprint density at radius 3 is 2.75 bits per heavy atom. The first-order valence-corrected chi connectivity index (χ1v) is 3.88. The molecule has 0 aliphatic carbocycles. The minimum absolute atomic E-state index is 0.300. The second-order valence-corrected chi connectivity index (χ2v) is 2.72. The highest BCUT2D eigenvalue weighted by Gasteiger charge is 1.97. The minimum Gasteiger partial charge on any atom is -0.224 e. The summed E-state index contributed by atoms with van der Waals surface area (Å²) in [6.07, 6.45) is 2.91. The maximum Gasteiger partial charge on any atom is 0.138 e. The molecule has 0 spiro atoms. The summed E-state index contributed by atoms with van der Waals surface area (Å²) in [5.41, 5.74) is 0.683. The number of hydrogen-bond donors (Lipinski definition) is 0. The van der Waals surface area contributed by atoms with E-state index in [1.54, 1.807) is 18.2 Å². The number of rotatable bonds is 1. The maximum atomic E-state index is 8.25. The van der Waals surface area contributed by atoms with E-state index in [9.17, 15) is 0 Å². The van der Waals surface area contributed by atoms with E-state index >= 15 is 0 Å². The molecule has 0 aliphatic heterocycles. The molecule has 1 aromatic heterocycles. The lowest BCUT2D eigenvalue weighted by molar-refractivity contribution is 1.32. The van der Waals surface area contributed by atoms with Crippen molar-refractivity contribution >= 4 is 29.3 Å². The van der Waals surface area contributed by atoms with Crippen molar-refractivity contribution in [1.82, 2.24) is 4.98 Å². The van der Waals surface area contributed by atoms with Gasteiger partial charge in [0.25, 0.3) is 0 Å². The number of aromatic nitrogens is 1. The van der Waals surface area contributed by atoms with Crippen LogP contribution in [0.25, 0.3) is 6.08 Å². The molecule has 1 heterocycles. The number of nitrogens with zero attached hydrogens (tertiary/aromatic N) is 2. The quantitative estimate of drug-likeness (QED) is 0.514. The topological polar surface area (TPSA) is 36.7 Å². The van der Waals surface area contributed by atoms with Gasteiger partial charge in [0.1, 0.15) is 10.3 Å². The fourth-order valence-electron chi connectivity index (χ4n) is 0.674. The molecule has 0 bridgehead atoms. The smallest absolute Gasteiger partial charge is 0.138 e. The normalized spacial score (nSPS) is 10.1. The second kappa shape index (κ2) is 4.10. The highest BCUT2D eigenvalue weighted by atomic mass is 35.5. The Morgan fingerprint density at radius 2 is 2.17 bits per heavy atom. The third kappa shape index (κ3) is 2.23. The average molecular weight is 199 g/mol. The predicted molar refractivity (Wildman–Crippen MR) is 48.9 cm³/mol. The summed E-state index contributed by atoms with van der Waals surface area (Å²) < 4.78 is 0. The second-order valence-electron chi connectivity index (χ2n) is 1.98. The molecule has 0 saturated carbocycles. The van der Waals surface area contributed by atoms with E-state index in [1.165, 1.54) is 6.08 Å². The van der Waals surface area contributed by atoms with Gasteiger partial charge in [0.05, 0.1) is 6.07 Å². The van der Waals surface area contributed by atoms with Crippen molar-refractivity contribution in [3.63, 3.8) is 0 Å². The monoisotopic (exact) mass is 198 g/mol. The molecule has 2 nitrogen and oxygen atoms in total. The van der Waals surface area contributed by atoms with Crippen molar-refractivity contribution in [1.29, 1.82) is 5.26 Å². The van der Waals surface area contributed by atoms with Crippen LogP contribution in [0.4, 0.5) is 0 Å². The van der Waals surface area contributed by atoms with Gasteiger partial charge in [0.15, 0.2) is 0 Å². The number of hydrogen-bond acceptors (Lipinski definition) is 2. The van der Waals surface area contributed by atoms with Crippen molar-refractivity contribution < 1.29 is 0 Å². The Hall–Kier alpha value is -1.04. The van der Waals surface area contributed by atoms with Gasteiger partial charge in [-0.15, -0.1) is 0 Å². The minimum atomic E-state index is 0.300. The van der Waals surface area contributed by atoms with Gasteiger partial charge in [-0.1, -0.05) is 23.2 Å². The third-order valence-electron chi connectivity index (χ3n) is 1.18. The molecule has 0 aromatic carbocycles. The molecule has 0 radical (unpaired) electrons. The molecule has 0 saturated heterocycles. The Morgan fingerprint density at radius 1 is 1.42 bits per heavy atom. The van der Waals surface area contributed by atoms with Gasteiger partial charge in [-0.25, -0.2) is 4.98 Å². The zero-order valence-corrected chi connectivity index (χ0v) is 7.47. The van der Waals surface area contributed by atoms with Crippen molar-refractivity contribution in [3.05, 3.63) is 34.1 Å².